The number of carbonyl (C=O) groups excluding carboxylic acids is 2. The second kappa shape index (κ2) is 9.79. The minimum atomic E-state index is -0.315. The zero-order chi connectivity index (χ0) is 22.7. The Morgan fingerprint density at radius 2 is 1.62 bits per heavy atom. The fourth-order valence-electron chi connectivity index (χ4n) is 4.25. The Labute approximate surface area is 187 Å². The number of piperazine rings is 1. The third-order valence-corrected chi connectivity index (χ3v) is 6.04. The van der Waals surface area contributed by atoms with Crippen molar-refractivity contribution in [3.8, 4) is 5.69 Å². The van der Waals surface area contributed by atoms with Gasteiger partial charge in [-0.1, -0.05) is 13.8 Å². The highest BCUT2D eigenvalue weighted by atomic mass is 19.1. The number of amides is 2. The minimum absolute atomic E-state index is 0.0536. The zero-order valence-electron chi connectivity index (χ0n) is 18.7. The van der Waals surface area contributed by atoms with E-state index in [1.54, 1.807) is 27.9 Å². The van der Waals surface area contributed by atoms with E-state index in [0.29, 0.717) is 57.2 Å². The van der Waals surface area contributed by atoms with E-state index in [1.165, 1.54) is 12.1 Å². The van der Waals surface area contributed by atoms with Crippen molar-refractivity contribution in [1.82, 2.24) is 24.5 Å². The molecule has 3 heterocycles. The van der Waals surface area contributed by atoms with Crippen molar-refractivity contribution < 1.29 is 18.7 Å². The summed E-state index contributed by atoms with van der Waals surface area (Å²) in [7, 11) is 0. The van der Waals surface area contributed by atoms with Gasteiger partial charge in [-0.05, 0) is 30.2 Å². The molecule has 8 nitrogen and oxygen atoms in total. The topological polar surface area (TPSA) is 70.9 Å². The third kappa shape index (κ3) is 4.83. The van der Waals surface area contributed by atoms with Crippen molar-refractivity contribution >= 4 is 11.8 Å². The van der Waals surface area contributed by atoms with Gasteiger partial charge in [0, 0.05) is 39.3 Å². The highest BCUT2D eigenvalue weighted by Crippen LogP contribution is 2.25. The van der Waals surface area contributed by atoms with Crippen LogP contribution in [0.3, 0.4) is 0 Å². The molecule has 9 heteroatoms. The summed E-state index contributed by atoms with van der Waals surface area (Å²) in [5.74, 6) is -0.240. The lowest BCUT2D eigenvalue weighted by molar-refractivity contribution is -0.134. The maximum Gasteiger partial charge on any atom is 0.257 e. The quantitative estimate of drug-likeness (QED) is 0.704. The Bertz CT molecular complexity index is 945. The first kappa shape index (κ1) is 22.4. The summed E-state index contributed by atoms with van der Waals surface area (Å²) in [4.78, 5) is 31.7. The third-order valence-electron chi connectivity index (χ3n) is 6.04. The molecule has 2 aromatic rings. The second-order valence-corrected chi connectivity index (χ2v) is 8.55. The lowest BCUT2D eigenvalue weighted by Crippen LogP contribution is -2.53. The Morgan fingerprint density at radius 3 is 2.25 bits per heavy atom. The van der Waals surface area contributed by atoms with Crippen LogP contribution in [0.4, 0.5) is 4.39 Å². The first-order chi connectivity index (χ1) is 15.4. The van der Waals surface area contributed by atoms with Gasteiger partial charge < -0.3 is 14.5 Å². The van der Waals surface area contributed by atoms with E-state index >= 15 is 0 Å². The number of nitrogens with zero attached hydrogens (tertiary/aromatic N) is 5. The van der Waals surface area contributed by atoms with Gasteiger partial charge in [0.2, 0.25) is 5.91 Å². The molecular formula is C23H30FN5O3. The Hall–Kier alpha value is -2.78. The fraction of sp³-hybridized carbons (Fsp3) is 0.522. The summed E-state index contributed by atoms with van der Waals surface area (Å²) < 4.78 is 20.4. The highest BCUT2D eigenvalue weighted by molar-refractivity contribution is 5.95. The molecule has 172 valence electrons. The summed E-state index contributed by atoms with van der Waals surface area (Å²) in [6.45, 7) is 9.35. The molecule has 4 rings (SSSR count). The van der Waals surface area contributed by atoms with E-state index < -0.39 is 0 Å². The van der Waals surface area contributed by atoms with Crippen molar-refractivity contribution in [2.24, 2.45) is 0 Å². The van der Waals surface area contributed by atoms with E-state index in [0.717, 1.165) is 18.8 Å². The van der Waals surface area contributed by atoms with Crippen LogP contribution < -0.4 is 0 Å². The van der Waals surface area contributed by atoms with Gasteiger partial charge in [-0.3, -0.25) is 14.5 Å². The van der Waals surface area contributed by atoms with E-state index in [2.05, 4.69) is 10.00 Å². The van der Waals surface area contributed by atoms with Crippen LogP contribution >= 0.6 is 0 Å². The summed E-state index contributed by atoms with van der Waals surface area (Å²) in [5.41, 5.74) is 2.07. The molecule has 0 radical (unpaired) electrons. The van der Waals surface area contributed by atoms with Gasteiger partial charge in [-0.15, -0.1) is 0 Å². The van der Waals surface area contributed by atoms with Crippen LogP contribution in [0.1, 0.15) is 35.8 Å². The molecule has 0 N–H and O–H groups in total. The SMILES string of the molecule is CC(C)c1c(C(=O)N2CCN(C(=O)CN3CCOCC3)CC2)cnn1-c1ccc(F)cc1. The molecule has 0 atom stereocenters. The van der Waals surface area contributed by atoms with Crippen molar-refractivity contribution in [1.29, 1.82) is 0 Å². The summed E-state index contributed by atoms with van der Waals surface area (Å²) in [5, 5.41) is 4.43. The monoisotopic (exact) mass is 443 g/mol. The molecule has 2 aliphatic rings. The number of aromatic nitrogens is 2. The van der Waals surface area contributed by atoms with Crippen LogP contribution in [0.25, 0.3) is 5.69 Å². The van der Waals surface area contributed by atoms with Crippen molar-refractivity contribution in [3.63, 3.8) is 0 Å². The largest absolute Gasteiger partial charge is 0.379 e. The van der Waals surface area contributed by atoms with Gasteiger partial charge in [-0.25, -0.2) is 9.07 Å². The molecule has 0 spiro atoms. The summed E-state index contributed by atoms with van der Waals surface area (Å²) in [6, 6.07) is 6.08. The van der Waals surface area contributed by atoms with Crippen molar-refractivity contribution in [2.45, 2.75) is 19.8 Å². The van der Waals surface area contributed by atoms with Crippen LogP contribution in [0.2, 0.25) is 0 Å². The number of carbonyl (C=O) groups is 2. The predicted octanol–water partition coefficient (Wildman–Crippen LogP) is 1.75. The van der Waals surface area contributed by atoms with Crippen LogP contribution in [-0.4, -0.2) is 95.3 Å². The van der Waals surface area contributed by atoms with E-state index in [-0.39, 0.29) is 23.5 Å². The Balaban J connectivity index is 1.42. The van der Waals surface area contributed by atoms with Crippen LogP contribution in [-0.2, 0) is 9.53 Å². The number of halogens is 1. The maximum atomic E-state index is 13.3. The molecule has 2 fully saturated rings. The van der Waals surface area contributed by atoms with Gasteiger partial charge in [0.1, 0.15) is 5.82 Å². The molecule has 1 aromatic carbocycles. The average molecular weight is 444 g/mol. The highest BCUT2D eigenvalue weighted by Gasteiger charge is 2.29. The second-order valence-electron chi connectivity index (χ2n) is 8.55. The zero-order valence-corrected chi connectivity index (χ0v) is 18.7. The number of hydrogen-bond donors (Lipinski definition) is 0. The van der Waals surface area contributed by atoms with Crippen LogP contribution in [0, 0.1) is 5.82 Å². The molecule has 2 amide bonds. The lowest BCUT2D eigenvalue weighted by atomic mass is 10.0. The number of morpholine rings is 1. The van der Waals surface area contributed by atoms with Gasteiger partial charge in [-0.2, -0.15) is 5.10 Å². The smallest absolute Gasteiger partial charge is 0.257 e. The molecule has 0 bridgehead atoms. The molecule has 0 aliphatic carbocycles. The van der Waals surface area contributed by atoms with E-state index in [1.807, 2.05) is 18.7 Å². The van der Waals surface area contributed by atoms with E-state index in [9.17, 15) is 14.0 Å². The van der Waals surface area contributed by atoms with Crippen molar-refractivity contribution in [2.75, 3.05) is 59.0 Å². The lowest BCUT2D eigenvalue weighted by Gasteiger charge is -2.36. The van der Waals surface area contributed by atoms with Gasteiger partial charge in [0.05, 0.1) is 42.9 Å². The van der Waals surface area contributed by atoms with Gasteiger partial charge in [0.25, 0.3) is 5.91 Å². The minimum Gasteiger partial charge on any atom is -0.379 e. The standard InChI is InChI=1S/C23H30FN5O3/c1-17(2)22-20(15-25-29(22)19-5-3-18(24)4-6-19)23(31)28-9-7-27(8-10-28)21(30)16-26-11-13-32-14-12-26/h3-6,15,17H,7-14,16H2,1-2H3. The number of rotatable bonds is 5. The number of ether oxygens (including phenoxy) is 1. The van der Waals surface area contributed by atoms with Gasteiger partial charge in [0.15, 0.2) is 0 Å². The fourth-order valence-corrected chi connectivity index (χ4v) is 4.25. The number of benzene rings is 1. The van der Waals surface area contributed by atoms with Crippen molar-refractivity contribution in [3.05, 3.63) is 47.5 Å². The average Bonchev–Trinajstić information content (AvgIpc) is 3.25. The molecular weight excluding hydrogens is 413 g/mol. The predicted molar refractivity (Wildman–Crippen MR) is 117 cm³/mol. The normalized spacial score (nSPS) is 17.8. The molecule has 2 saturated heterocycles. The molecule has 1 aromatic heterocycles. The summed E-state index contributed by atoms with van der Waals surface area (Å²) >= 11 is 0. The van der Waals surface area contributed by atoms with Crippen LogP contribution in [0.5, 0.6) is 0 Å². The summed E-state index contributed by atoms with van der Waals surface area (Å²) in [6.07, 6.45) is 1.59. The molecule has 32 heavy (non-hydrogen) atoms. The number of hydrogen-bond acceptors (Lipinski definition) is 5. The first-order valence-electron chi connectivity index (χ1n) is 11.1. The molecule has 0 unspecified atom stereocenters. The maximum absolute atomic E-state index is 13.3. The molecule has 2 aliphatic heterocycles. The van der Waals surface area contributed by atoms with Crippen LogP contribution in [0.15, 0.2) is 30.5 Å². The van der Waals surface area contributed by atoms with Gasteiger partial charge >= 0.3 is 0 Å². The van der Waals surface area contributed by atoms with E-state index in [4.69, 9.17) is 4.74 Å². The Morgan fingerprint density at radius 1 is 1.00 bits per heavy atom. The Kier molecular flexibility index (Phi) is 6.86. The molecule has 0 saturated carbocycles. The first-order valence-corrected chi connectivity index (χ1v) is 11.1.